The second-order valence-corrected chi connectivity index (χ2v) is 6.93. The van der Waals surface area contributed by atoms with Crippen molar-refractivity contribution in [3.05, 3.63) is 0 Å². The molecule has 1 fully saturated rings. The smallest absolute Gasteiger partial charge is 0.214 e. The average molecular weight is 264 g/mol. The topological polar surface area (TPSA) is 58.6 Å². The van der Waals surface area contributed by atoms with E-state index in [9.17, 15) is 8.42 Å². The van der Waals surface area contributed by atoms with Gasteiger partial charge in [-0.2, -0.15) is 0 Å². The number of nitrogens with zero attached hydrogens (tertiary/aromatic N) is 1. The van der Waals surface area contributed by atoms with E-state index in [0.29, 0.717) is 12.0 Å². The number of rotatable bonds is 6. The van der Waals surface area contributed by atoms with Gasteiger partial charge < -0.3 is 4.74 Å². The first kappa shape index (κ1) is 14.9. The molecule has 0 amide bonds. The summed E-state index contributed by atoms with van der Waals surface area (Å²) < 4.78 is 31.1. The third kappa shape index (κ3) is 4.54. The molecule has 1 rings (SSSR count). The summed E-state index contributed by atoms with van der Waals surface area (Å²) in [7, 11) is -1.70. The zero-order chi connectivity index (χ0) is 13.1. The maximum atomic E-state index is 11.8. The molecule has 0 aliphatic carbocycles. The predicted molar refractivity (Wildman–Crippen MR) is 68.5 cm³/mol. The Morgan fingerprint density at radius 3 is 2.53 bits per heavy atom. The van der Waals surface area contributed by atoms with Gasteiger partial charge in [0.1, 0.15) is 0 Å². The van der Waals surface area contributed by atoms with Gasteiger partial charge >= 0.3 is 0 Å². The first-order valence-corrected chi connectivity index (χ1v) is 7.74. The Hall–Kier alpha value is -0.170. The number of sulfonamides is 1. The Bertz CT molecular complexity index is 330. The molecule has 102 valence electrons. The molecule has 0 spiro atoms. The number of likely N-dealkylation sites (tertiary alicyclic amines) is 1. The lowest BCUT2D eigenvalue weighted by Crippen LogP contribution is -2.42. The molecule has 1 heterocycles. The summed E-state index contributed by atoms with van der Waals surface area (Å²) in [6.45, 7) is 8.35. The van der Waals surface area contributed by atoms with Crippen molar-refractivity contribution in [1.29, 1.82) is 0 Å². The lowest BCUT2D eigenvalue weighted by atomic mass is 10.1. The molecular formula is C11H24N2O3S. The standard InChI is InChI=1S/C11H24N2O3S/c1-9(2)13-7-10(3)11(8-13)12-17(14,15)6-5-16-4/h9-12H,5-8H2,1-4H3/t10-,11+/m0/s1. The van der Waals surface area contributed by atoms with Crippen molar-refractivity contribution in [2.75, 3.05) is 32.6 Å². The van der Waals surface area contributed by atoms with Crippen LogP contribution in [0.15, 0.2) is 0 Å². The minimum Gasteiger partial charge on any atom is -0.384 e. The van der Waals surface area contributed by atoms with Gasteiger partial charge in [0.25, 0.3) is 0 Å². The molecule has 0 saturated carbocycles. The number of hydrogen-bond donors (Lipinski definition) is 1. The van der Waals surface area contributed by atoms with Crippen molar-refractivity contribution in [2.45, 2.75) is 32.9 Å². The summed E-state index contributed by atoms with van der Waals surface area (Å²) in [5.74, 6) is 0.392. The fourth-order valence-electron chi connectivity index (χ4n) is 2.06. The van der Waals surface area contributed by atoms with Crippen LogP contribution in [-0.2, 0) is 14.8 Å². The van der Waals surface area contributed by atoms with Crippen LogP contribution in [0.5, 0.6) is 0 Å². The first-order valence-electron chi connectivity index (χ1n) is 6.08. The van der Waals surface area contributed by atoms with Crippen molar-refractivity contribution < 1.29 is 13.2 Å². The maximum absolute atomic E-state index is 11.8. The van der Waals surface area contributed by atoms with E-state index < -0.39 is 10.0 Å². The number of hydrogen-bond acceptors (Lipinski definition) is 4. The highest BCUT2D eigenvalue weighted by molar-refractivity contribution is 7.89. The lowest BCUT2D eigenvalue weighted by Gasteiger charge is -2.20. The fraction of sp³-hybridized carbons (Fsp3) is 1.00. The molecule has 0 bridgehead atoms. The van der Waals surface area contributed by atoms with Crippen LogP contribution in [0.4, 0.5) is 0 Å². The Labute approximate surface area is 105 Å². The van der Waals surface area contributed by atoms with Crippen molar-refractivity contribution in [3.8, 4) is 0 Å². The largest absolute Gasteiger partial charge is 0.384 e. The summed E-state index contributed by atoms with van der Waals surface area (Å²) in [5, 5.41) is 0. The Morgan fingerprint density at radius 1 is 1.41 bits per heavy atom. The van der Waals surface area contributed by atoms with Gasteiger partial charge in [0.2, 0.25) is 10.0 Å². The first-order chi connectivity index (χ1) is 7.85. The van der Waals surface area contributed by atoms with Crippen LogP contribution in [0.2, 0.25) is 0 Å². The molecule has 0 aromatic rings. The van der Waals surface area contributed by atoms with E-state index in [1.165, 1.54) is 7.11 Å². The van der Waals surface area contributed by atoms with Gasteiger partial charge in [0, 0.05) is 32.3 Å². The quantitative estimate of drug-likeness (QED) is 0.749. The highest BCUT2D eigenvalue weighted by Gasteiger charge is 2.33. The zero-order valence-electron chi connectivity index (χ0n) is 11.1. The van der Waals surface area contributed by atoms with Crippen molar-refractivity contribution in [3.63, 3.8) is 0 Å². The third-order valence-corrected chi connectivity index (χ3v) is 4.62. The van der Waals surface area contributed by atoms with Crippen molar-refractivity contribution in [2.24, 2.45) is 5.92 Å². The van der Waals surface area contributed by atoms with Crippen LogP contribution in [-0.4, -0.2) is 58.0 Å². The van der Waals surface area contributed by atoms with Crippen molar-refractivity contribution in [1.82, 2.24) is 9.62 Å². The SMILES string of the molecule is COCCS(=O)(=O)N[C@@H]1CN(C(C)C)C[C@@H]1C. The summed E-state index contributed by atoms with van der Waals surface area (Å²) in [6.07, 6.45) is 0. The Morgan fingerprint density at radius 2 is 2.06 bits per heavy atom. The molecule has 2 atom stereocenters. The van der Waals surface area contributed by atoms with E-state index in [4.69, 9.17) is 4.74 Å². The summed E-state index contributed by atoms with van der Waals surface area (Å²) in [4.78, 5) is 2.30. The minimum absolute atomic E-state index is 0.0271. The van der Waals surface area contributed by atoms with Gasteiger partial charge in [-0.05, 0) is 19.8 Å². The number of ether oxygens (including phenoxy) is 1. The monoisotopic (exact) mass is 264 g/mol. The van der Waals surface area contributed by atoms with Gasteiger partial charge in [0.15, 0.2) is 0 Å². The Balaban J connectivity index is 2.52. The van der Waals surface area contributed by atoms with E-state index >= 15 is 0 Å². The van der Waals surface area contributed by atoms with Gasteiger partial charge in [-0.25, -0.2) is 13.1 Å². The van der Waals surface area contributed by atoms with Gasteiger partial charge in [0.05, 0.1) is 12.4 Å². The molecule has 6 heteroatoms. The summed E-state index contributed by atoms with van der Waals surface area (Å²) in [6, 6.07) is 0.491. The molecule has 1 saturated heterocycles. The molecule has 0 radical (unpaired) electrons. The van der Waals surface area contributed by atoms with Crippen LogP contribution in [0.3, 0.4) is 0 Å². The van der Waals surface area contributed by atoms with Crippen LogP contribution in [0, 0.1) is 5.92 Å². The van der Waals surface area contributed by atoms with Crippen LogP contribution >= 0.6 is 0 Å². The van der Waals surface area contributed by atoms with Crippen LogP contribution in [0.1, 0.15) is 20.8 Å². The molecule has 17 heavy (non-hydrogen) atoms. The van der Waals surface area contributed by atoms with Gasteiger partial charge in [-0.1, -0.05) is 6.92 Å². The van der Waals surface area contributed by atoms with E-state index in [1.807, 2.05) is 0 Å². The fourth-order valence-corrected chi connectivity index (χ4v) is 3.33. The number of nitrogens with one attached hydrogen (secondary N) is 1. The molecule has 1 aliphatic rings. The molecule has 1 aliphatic heterocycles. The molecule has 0 aromatic heterocycles. The highest BCUT2D eigenvalue weighted by Crippen LogP contribution is 2.19. The second-order valence-electron chi connectivity index (χ2n) is 5.06. The normalized spacial score (nSPS) is 26.9. The third-order valence-electron chi connectivity index (χ3n) is 3.26. The van der Waals surface area contributed by atoms with Crippen LogP contribution in [0.25, 0.3) is 0 Å². The van der Waals surface area contributed by atoms with E-state index in [2.05, 4.69) is 30.4 Å². The van der Waals surface area contributed by atoms with E-state index in [1.54, 1.807) is 0 Å². The van der Waals surface area contributed by atoms with Gasteiger partial charge in [-0.3, -0.25) is 4.90 Å². The molecule has 0 unspecified atom stereocenters. The molecular weight excluding hydrogens is 240 g/mol. The molecule has 5 nitrogen and oxygen atoms in total. The average Bonchev–Trinajstić information content (AvgIpc) is 2.57. The highest BCUT2D eigenvalue weighted by atomic mass is 32.2. The Kier molecular flexibility index (Phi) is 5.37. The van der Waals surface area contributed by atoms with E-state index in [0.717, 1.165) is 13.1 Å². The van der Waals surface area contributed by atoms with E-state index in [-0.39, 0.29) is 18.4 Å². The van der Waals surface area contributed by atoms with Crippen molar-refractivity contribution >= 4 is 10.0 Å². The second kappa shape index (κ2) is 6.13. The maximum Gasteiger partial charge on any atom is 0.214 e. The zero-order valence-corrected chi connectivity index (χ0v) is 12.0. The predicted octanol–water partition coefficient (Wildman–Crippen LogP) is 0.281. The number of methoxy groups -OCH3 is 1. The lowest BCUT2D eigenvalue weighted by molar-refractivity contribution is 0.216. The molecule has 0 aromatic carbocycles. The van der Waals surface area contributed by atoms with Crippen LogP contribution < -0.4 is 4.72 Å². The van der Waals surface area contributed by atoms with Gasteiger partial charge in [-0.15, -0.1) is 0 Å². The minimum atomic E-state index is -3.21. The summed E-state index contributed by atoms with van der Waals surface area (Å²) in [5.41, 5.74) is 0. The molecule has 1 N–H and O–H groups in total. The summed E-state index contributed by atoms with van der Waals surface area (Å²) >= 11 is 0.